The summed E-state index contributed by atoms with van der Waals surface area (Å²) in [6.45, 7) is 0.804. The van der Waals surface area contributed by atoms with Crippen LogP contribution in [0.1, 0.15) is 25.7 Å². The molecular weight excluding hydrogens is 320 g/mol. The third-order valence-electron chi connectivity index (χ3n) is 6.08. The van der Waals surface area contributed by atoms with Gasteiger partial charge in [-0.15, -0.1) is 0 Å². The van der Waals surface area contributed by atoms with Crippen LogP contribution in [0.2, 0.25) is 0 Å². The second kappa shape index (κ2) is 6.36. The van der Waals surface area contributed by atoms with Gasteiger partial charge in [0.1, 0.15) is 0 Å². The molecule has 2 bridgehead atoms. The molecular formula is C22H24N4. The van der Waals surface area contributed by atoms with Crippen LogP contribution < -0.4 is 10.6 Å². The lowest BCUT2D eigenvalue weighted by Crippen LogP contribution is -2.45. The number of hydrogen-bond acceptors (Lipinski definition) is 4. The van der Waals surface area contributed by atoms with Gasteiger partial charge in [-0.2, -0.15) is 0 Å². The first kappa shape index (κ1) is 15.8. The van der Waals surface area contributed by atoms with E-state index in [9.17, 15) is 0 Å². The molecule has 2 aliphatic heterocycles. The zero-order valence-corrected chi connectivity index (χ0v) is 14.9. The van der Waals surface area contributed by atoms with Gasteiger partial charge in [-0.1, -0.05) is 36.4 Å². The van der Waals surface area contributed by atoms with Crippen LogP contribution in [0.25, 0.3) is 22.0 Å². The smallest absolute Gasteiger partial charge is 0.226 e. The van der Waals surface area contributed by atoms with Gasteiger partial charge >= 0.3 is 0 Å². The lowest BCUT2D eigenvalue weighted by atomic mass is 9.91. The molecule has 4 nitrogen and oxygen atoms in total. The maximum absolute atomic E-state index is 5.94. The predicted octanol–water partition coefficient (Wildman–Crippen LogP) is 4.00. The topological polar surface area (TPSA) is 55.0 Å². The number of piperidine rings is 1. The highest BCUT2D eigenvalue weighted by Gasteiger charge is 2.41. The van der Waals surface area contributed by atoms with Crippen molar-refractivity contribution in [1.82, 2.24) is 9.97 Å². The highest BCUT2D eigenvalue weighted by molar-refractivity contribution is 5.86. The molecule has 0 radical (unpaired) electrons. The molecule has 2 unspecified atom stereocenters. The summed E-state index contributed by atoms with van der Waals surface area (Å²) in [6.07, 6.45) is 6.74. The third-order valence-corrected chi connectivity index (χ3v) is 6.08. The molecule has 3 heterocycles. The first-order valence-corrected chi connectivity index (χ1v) is 9.62. The van der Waals surface area contributed by atoms with Gasteiger partial charge in [0.25, 0.3) is 0 Å². The normalized spacial score (nSPS) is 25.0. The molecule has 0 spiro atoms. The van der Waals surface area contributed by atoms with Crippen LogP contribution in [-0.4, -0.2) is 28.6 Å². The summed E-state index contributed by atoms with van der Waals surface area (Å²) in [5, 5.41) is 2.50. The molecule has 26 heavy (non-hydrogen) atoms. The van der Waals surface area contributed by atoms with Crippen molar-refractivity contribution in [2.24, 2.45) is 11.7 Å². The van der Waals surface area contributed by atoms with Gasteiger partial charge in [-0.25, -0.2) is 9.97 Å². The summed E-state index contributed by atoms with van der Waals surface area (Å²) in [4.78, 5) is 12.0. The number of rotatable bonds is 3. The average molecular weight is 344 g/mol. The van der Waals surface area contributed by atoms with E-state index in [0.29, 0.717) is 18.0 Å². The maximum Gasteiger partial charge on any atom is 0.226 e. The van der Waals surface area contributed by atoms with E-state index in [2.05, 4.69) is 52.3 Å². The van der Waals surface area contributed by atoms with Gasteiger partial charge < -0.3 is 10.6 Å². The van der Waals surface area contributed by atoms with Gasteiger partial charge in [-0.05, 0) is 61.1 Å². The van der Waals surface area contributed by atoms with Gasteiger partial charge in [-0.3, -0.25) is 0 Å². The van der Waals surface area contributed by atoms with Crippen LogP contribution >= 0.6 is 0 Å². The van der Waals surface area contributed by atoms with Gasteiger partial charge in [0.05, 0.1) is 5.69 Å². The molecule has 4 heteroatoms. The van der Waals surface area contributed by atoms with E-state index < -0.39 is 0 Å². The monoisotopic (exact) mass is 344 g/mol. The fraction of sp³-hybridized carbons (Fsp3) is 0.364. The fourth-order valence-electron chi connectivity index (χ4n) is 4.79. The Kier molecular flexibility index (Phi) is 3.86. The molecule has 2 saturated heterocycles. The van der Waals surface area contributed by atoms with Gasteiger partial charge in [0.2, 0.25) is 5.95 Å². The van der Waals surface area contributed by atoms with E-state index in [1.165, 1.54) is 36.5 Å². The molecule has 0 amide bonds. The molecule has 1 aromatic heterocycles. The Labute approximate surface area is 154 Å². The summed E-state index contributed by atoms with van der Waals surface area (Å²) in [6, 6.07) is 18.1. The Hall–Kier alpha value is -2.46. The first-order valence-electron chi connectivity index (χ1n) is 9.62. The van der Waals surface area contributed by atoms with Crippen molar-refractivity contribution in [2.45, 2.75) is 37.8 Å². The van der Waals surface area contributed by atoms with Gasteiger partial charge in [0, 0.05) is 23.8 Å². The number of nitrogens with two attached hydrogens (primary N) is 1. The lowest BCUT2D eigenvalue weighted by molar-refractivity contribution is 0.343. The van der Waals surface area contributed by atoms with Crippen molar-refractivity contribution in [3.8, 4) is 11.3 Å². The SMILES string of the molecule is NCC1CC2CCC(C1)N2c1nccc(-c2ccc3ccccc3c2)n1. The van der Waals surface area contributed by atoms with Crippen LogP contribution in [0.3, 0.4) is 0 Å². The summed E-state index contributed by atoms with van der Waals surface area (Å²) in [7, 11) is 0. The fourth-order valence-corrected chi connectivity index (χ4v) is 4.79. The van der Waals surface area contributed by atoms with Crippen LogP contribution in [0.5, 0.6) is 0 Å². The van der Waals surface area contributed by atoms with E-state index in [1.807, 2.05) is 12.3 Å². The number of benzene rings is 2. The van der Waals surface area contributed by atoms with E-state index in [4.69, 9.17) is 10.7 Å². The first-order chi connectivity index (χ1) is 12.8. The molecule has 5 rings (SSSR count). The molecule has 2 fully saturated rings. The lowest BCUT2D eigenvalue weighted by Gasteiger charge is -2.38. The Bertz CT molecular complexity index is 924. The van der Waals surface area contributed by atoms with Crippen molar-refractivity contribution in [3.05, 3.63) is 54.7 Å². The minimum atomic E-state index is 0.550. The Morgan fingerprint density at radius 1 is 0.962 bits per heavy atom. The number of anilines is 1. The van der Waals surface area contributed by atoms with Crippen molar-refractivity contribution in [1.29, 1.82) is 0 Å². The number of hydrogen-bond donors (Lipinski definition) is 1. The molecule has 0 saturated carbocycles. The van der Waals surface area contributed by atoms with Crippen LogP contribution in [0.4, 0.5) is 5.95 Å². The number of aromatic nitrogens is 2. The van der Waals surface area contributed by atoms with Crippen molar-refractivity contribution < 1.29 is 0 Å². The quantitative estimate of drug-likeness (QED) is 0.780. The van der Waals surface area contributed by atoms with Crippen LogP contribution in [-0.2, 0) is 0 Å². The van der Waals surface area contributed by atoms with Gasteiger partial charge in [0.15, 0.2) is 0 Å². The predicted molar refractivity (Wildman–Crippen MR) is 106 cm³/mol. The van der Waals surface area contributed by atoms with E-state index in [0.717, 1.165) is 23.8 Å². The van der Waals surface area contributed by atoms with E-state index in [-0.39, 0.29) is 0 Å². The van der Waals surface area contributed by atoms with Crippen molar-refractivity contribution >= 4 is 16.7 Å². The second-order valence-corrected chi connectivity index (χ2v) is 7.67. The zero-order chi connectivity index (χ0) is 17.5. The summed E-state index contributed by atoms with van der Waals surface area (Å²) >= 11 is 0. The Morgan fingerprint density at radius 2 is 1.73 bits per heavy atom. The zero-order valence-electron chi connectivity index (χ0n) is 14.9. The van der Waals surface area contributed by atoms with E-state index in [1.54, 1.807) is 0 Å². The molecule has 2 N–H and O–H groups in total. The molecule has 3 aromatic rings. The second-order valence-electron chi connectivity index (χ2n) is 7.67. The highest BCUT2D eigenvalue weighted by Crippen LogP contribution is 2.40. The molecule has 2 aliphatic rings. The van der Waals surface area contributed by atoms with Crippen LogP contribution in [0.15, 0.2) is 54.7 Å². The number of nitrogens with zero attached hydrogens (tertiary/aromatic N) is 3. The molecule has 0 aliphatic carbocycles. The largest absolute Gasteiger partial charge is 0.335 e. The molecule has 132 valence electrons. The highest BCUT2D eigenvalue weighted by atomic mass is 15.3. The Morgan fingerprint density at radius 3 is 2.50 bits per heavy atom. The number of fused-ring (bicyclic) bond motifs is 3. The Balaban J connectivity index is 1.49. The molecule has 2 aromatic carbocycles. The minimum Gasteiger partial charge on any atom is -0.335 e. The maximum atomic E-state index is 5.94. The summed E-state index contributed by atoms with van der Waals surface area (Å²) in [5.74, 6) is 1.55. The average Bonchev–Trinajstić information content (AvgIpc) is 2.97. The van der Waals surface area contributed by atoms with Crippen molar-refractivity contribution in [2.75, 3.05) is 11.4 Å². The van der Waals surface area contributed by atoms with E-state index >= 15 is 0 Å². The standard InChI is InChI=1S/C22H24N4/c23-14-15-11-19-7-8-20(12-15)26(19)22-24-10-9-21(25-22)18-6-5-16-3-1-2-4-17(16)13-18/h1-6,9-10,13,15,19-20H,7-8,11-12,14,23H2. The third kappa shape index (κ3) is 2.65. The summed E-state index contributed by atoms with van der Waals surface area (Å²) in [5.41, 5.74) is 8.09. The summed E-state index contributed by atoms with van der Waals surface area (Å²) < 4.78 is 0. The van der Waals surface area contributed by atoms with Crippen molar-refractivity contribution in [3.63, 3.8) is 0 Å². The minimum absolute atomic E-state index is 0.550. The molecule has 2 atom stereocenters. The van der Waals surface area contributed by atoms with Crippen LogP contribution in [0, 0.1) is 5.92 Å².